The van der Waals surface area contributed by atoms with Gasteiger partial charge in [-0.1, -0.05) is 46.3 Å². The molecule has 7 heteroatoms. The fourth-order valence-electron chi connectivity index (χ4n) is 2.97. The predicted octanol–water partition coefficient (Wildman–Crippen LogP) is 5.79. The van der Waals surface area contributed by atoms with Crippen LogP contribution in [-0.4, -0.2) is 4.98 Å². The summed E-state index contributed by atoms with van der Waals surface area (Å²) in [6.07, 6.45) is 0. The van der Waals surface area contributed by atoms with Gasteiger partial charge in [-0.05, 0) is 29.8 Å². The molecule has 0 unspecified atom stereocenters. The monoisotopic (exact) mass is 445 g/mol. The summed E-state index contributed by atoms with van der Waals surface area (Å²) in [4.78, 5) is 4.38. The molecule has 2 aromatic heterocycles. The molecule has 0 spiro atoms. The van der Waals surface area contributed by atoms with Crippen LogP contribution in [0.3, 0.4) is 0 Å². The van der Waals surface area contributed by atoms with Crippen LogP contribution >= 0.6 is 27.3 Å². The Morgan fingerprint density at radius 1 is 0.964 bits per heavy atom. The third-order valence-electron chi connectivity index (χ3n) is 4.24. The van der Waals surface area contributed by atoms with Crippen LogP contribution in [0.5, 0.6) is 0 Å². The van der Waals surface area contributed by atoms with Crippen LogP contribution in [0.25, 0.3) is 21.3 Å². The van der Waals surface area contributed by atoms with Crippen LogP contribution in [-0.2, 0) is 0 Å². The summed E-state index contributed by atoms with van der Waals surface area (Å²) in [5.41, 5.74) is 9.71. The summed E-state index contributed by atoms with van der Waals surface area (Å²) in [6.45, 7) is 0. The molecular formula is C21H12BrN5S. The molecule has 0 aliphatic carbocycles. The van der Waals surface area contributed by atoms with Gasteiger partial charge in [-0.2, -0.15) is 10.5 Å². The number of rotatable bonds is 3. The largest absolute Gasteiger partial charge is 0.383 e. The molecule has 4 aromatic rings. The van der Waals surface area contributed by atoms with Gasteiger partial charge < -0.3 is 11.1 Å². The lowest BCUT2D eigenvalue weighted by Crippen LogP contribution is -1.98. The van der Waals surface area contributed by atoms with Crippen molar-refractivity contribution in [3.63, 3.8) is 0 Å². The van der Waals surface area contributed by atoms with E-state index in [4.69, 9.17) is 5.73 Å². The quantitative estimate of drug-likeness (QED) is 0.415. The van der Waals surface area contributed by atoms with Crippen molar-refractivity contribution in [2.45, 2.75) is 0 Å². The molecule has 0 saturated carbocycles. The SMILES string of the molecule is N#Cc1c(N)nc2c(C#N)c(Nc3ccccc3)sc2c1-c1ccc(Br)cc1. The maximum atomic E-state index is 9.76. The molecule has 28 heavy (non-hydrogen) atoms. The van der Waals surface area contributed by atoms with Gasteiger partial charge in [-0.25, -0.2) is 4.98 Å². The third-order valence-corrected chi connectivity index (χ3v) is 5.88. The number of hydrogen-bond donors (Lipinski definition) is 2. The number of aromatic nitrogens is 1. The Labute approximate surface area is 173 Å². The molecule has 4 rings (SSSR count). The number of nitrogen functional groups attached to an aromatic ring is 1. The Hall–Kier alpha value is -3.39. The molecule has 134 valence electrons. The second kappa shape index (κ2) is 7.32. The lowest BCUT2D eigenvalue weighted by molar-refractivity contribution is 1.37. The average molecular weight is 446 g/mol. The van der Waals surface area contributed by atoms with Crippen LogP contribution in [0.15, 0.2) is 59.1 Å². The van der Waals surface area contributed by atoms with Gasteiger partial charge in [0.05, 0.1) is 4.70 Å². The van der Waals surface area contributed by atoms with Gasteiger partial charge >= 0.3 is 0 Å². The van der Waals surface area contributed by atoms with E-state index in [-0.39, 0.29) is 5.82 Å². The van der Waals surface area contributed by atoms with E-state index in [0.29, 0.717) is 27.2 Å². The highest BCUT2D eigenvalue weighted by molar-refractivity contribution is 9.10. The number of benzene rings is 2. The van der Waals surface area contributed by atoms with Crippen molar-refractivity contribution < 1.29 is 0 Å². The van der Waals surface area contributed by atoms with Crippen molar-refractivity contribution in [3.8, 4) is 23.3 Å². The van der Waals surface area contributed by atoms with Gasteiger partial charge in [0, 0.05) is 15.7 Å². The van der Waals surface area contributed by atoms with Crippen molar-refractivity contribution in [3.05, 3.63) is 70.2 Å². The number of nitriles is 2. The summed E-state index contributed by atoms with van der Waals surface area (Å²) < 4.78 is 1.69. The number of pyridine rings is 1. The van der Waals surface area contributed by atoms with E-state index in [1.165, 1.54) is 11.3 Å². The normalized spacial score (nSPS) is 10.4. The van der Waals surface area contributed by atoms with Crippen LogP contribution in [0.4, 0.5) is 16.5 Å². The van der Waals surface area contributed by atoms with E-state index in [0.717, 1.165) is 20.4 Å². The lowest BCUT2D eigenvalue weighted by atomic mass is 10.00. The minimum Gasteiger partial charge on any atom is -0.383 e. The number of nitrogens with one attached hydrogen (secondary N) is 1. The molecular weight excluding hydrogens is 434 g/mol. The van der Waals surface area contributed by atoms with E-state index in [1.807, 2.05) is 54.6 Å². The summed E-state index contributed by atoms with van der Waals surface area (Å²) in [5.74, 6) is 0.119. The van der Waals surface area contributed by atoms with Gasteiger partial charge in [0.15, 0.2) is 0 Å². The highest BCUT2D eigenvalue weighted by Crippen LogP contribution is 2.44. The molecule has 3 N–H and O–H groups in total. The number of anilines is 3. The number of hydrogen-bond acceptors (Lipinski definition) is 6. The molecule has 0 saturated heterocycles. The fraction of sp³-hybridized carbons (Fsp3) is 0. The summed E-state index contributed by atoms with van der Waals surface area (Å²) >= 11 is 4.82. The molecule has 0 amide bonds. The van der Waals surface area contributed by atoms with E-state index in [2.05, 4.69) is 38.4 Å². The first kappa shape index (κ1) is 18.0. The van der Waals surface area contributed by atoms with Gasteiger partial charge in [0.2, 0.25) is 0 Å². The third kappa shape index (κ3) is 3.07. The van der Waals surface area contributed by atoms with Crippen molar-refractivity contribution >= 4 is 54.0 Å². The molecule has 2 aromatic carbocycles. The molecule has 5 nitrogen and oxygen atoms in total. The first-order valence-electron chi connectivity index (χ1n) is 8.26. The lowest BCUT2D eigenvalue weighted by Gasteiger charge is -2.08. The second-order valence-corrected chi connectivity index (χ2v) is 7.89. The zero-order valence-corrected chi connectivity index (χ0v) is 16.8. The van der Waals surface area contributed by atoms with Crippen molar-refractivity contribution in [1.82, 2.24) is 4.98 Å². The first-order chi connectivity index (χ1) is 13.6. The maximum absolute atomic E-state index is 9.76. The van der Waals surface area contributed by atoms with Crippen molar-refractivity contribution in [2.75, 3.05) is 11.1 Å². The van der Waals surface area contributed by atoms with E-state index in [9.17, 15) is 10.5 Å². The van der Waals surface area contributed by atoms with Crippen LogP contribution in [0.1, 0.15) is 11.1 Å². The molecule has 0 aliphatic heterocycles. The first-order valence-corrected chi connectivity index (χ1v) is 9.87. The van der Waals surface area contributed by atoms with Gasteiger partial charge in [0.1, 0.15) is 39.6 Å². The zero-order valence-electron chi connectivity index (χ0n) is 14.4. The summed E-state index contributed by atoms with van der Waals surface area (Å²) in [6, 6.07) is 21.6. The van der Waals surface area contributed by atoms with Crippen molar-refractivity contribution in [2.24, 2.45) is 0 Å². The number of nitrogens with two attached hydrogens (primary N) is 1. The Bertz CT molecular complexity index is 1270. The van der Waals surface area contributed by atoms with Crippen molar-refractivity contribution in [1.29, 1.82) is 10.5 Å². The topological polar surface area (TPSA) is 98.5 Å². The number of halogens is 1. The van der Waals surface area contributed by atoms with Gasteiger partial charge in [0.25, 0.3) is 0 Å². The number of fused-ring (bicyclic) bond motifs is 1. The Kier molecular flexibility index (Phi) is 4.70. The fourth-order valence-corrected chi connectivity index (χ4v) is 4.41. The molecule has 0 fully saturated rings. The number of nitrogens with zero attached hydrogens (tertiary/aromatic N) is 3. The molecule has 2 heterocycles. The molecule has 0 atom stereocenters. The van der Waals surface area contributed by atoms with Crippen LogP contribution in [0.2, 0.25) is 0 Å². The zero-order chi connectivity index (χ0) is 19.7. The minimum absolute atomic E-state index is 0.119. The molecule has 0 aliphatic rings. The van der Waals surface area contributed by atoms with Crippen LogP contribution < -0.4 is 11.1 Å². The highest BCUT2D eigenvalue weighted by Gasteiger charge is 2.22. The van der Waals surface area contributed by atoms with Gasteiger partial charge in [-0.3, -0.25) is 0 Å². The summed E-state index contributed by atoms with van der Waals surface area (Å²) in [7, 11) is 0. The Morgan fingerprint density at radius 3 is 2.29 bits per heavy atom. The number of para-hydroxylation sites is 1. The van der Waals surface area contributed by atoms with E-state index in [1.54, 1.807) is 0 Å². The Balaban J connectivity index is 2.01. The van der Waals surface area contributed by atoms with Gasteiger partial charge in [-0.15, -0.1) is 11.3 Å². The van der Waals surface area contributed by atoms with E-state index < -0.39 is 0 Å². The van der Waals surface area contributed by atoms with E-state index >= 15 is 0 Å². The predicted molar refractivity (Wildman–Crippen MR) is 116 cm³/mol. The second-order valence-electron chi connectivity index (χ2n) is 5.95. The standard InChI is InChI=1S/C21H12BrN5S/c22-13-8-6-12(7-9-13)17-15(10-23)20(25)27-18-16(11-24)21(28-19(17)18)26-14-4-2-1-3-5-14/h1-9,26H,(H2,25,27). The Morgan fingerprint density at radius 2 is 1.64 bits per heavy atom. The molecule has 0 bridgehead atoms. The van der Waals surface area contributed by atoms with Crippen LogP contribution in [0, 0.1) is 22.7 Å². The smallest absolute Gasteiger partial charge is 0.142 e. The summed E-state index contributed by atoms with van der Waals surface area (Å²) in [5, 5.41) is 23.4. The molecule has 0 radical (unpaired) electrons. The number of thiophene rings is 1. The average Bonchev–Trinajstić information content (AvgIpc) is 3.04. The minimum atomic E-state index is 0.119. The highest BCUT2D eigenvalue weighted by atomic mass is 79.9. The maximum Gasteiger partial charge on any atom is 0.142 e.